The minimum atomic E-state index is 0.741. The van der Waals surface area contributed by atoms with Crippen molar-refractivity contribution in [3.8, 4) is 0 Å². The van der Waals surface area contributed by atoms with Crippen LogP contribution in [-0.4, -0.2) is 15.2 Å². The molecule has 0 spiro atoms. The summed E-state index contributed by atoms with van der Waals surface area (Å²) in [6.07, 6.45) is 2.24. The van der Waals surface area contributed by atoms with E-state index in [2.05, 4.69) is 15.2 Å². The molecule has 2 aromatic rings. The van der Waals surface area contributed by atoms with Gasteiger partial charge in [0.1, 0.15) is 12.2 Å². The molecule has 1 aromatic carbocycles. The van der Waals surface area contributed by atoms with Crippen molar-refractivity contribution in [2.24, 2.45) is 0 Å². The van der Waals surface area contributed by atoms with Gasteiger partial charge < -0.3 is 5.73 Å². The number of benzene rings is 1. The lowest BCUT2D eigenvalue weighted by atomic mass is 10.1. The van der Waals surface area contributed by atoms with Crippen molar-refractivity contribution in [2.75, 3.05) is 5.73 Å². The summed E-state index contributed by atoms with van der Waals surface area (Å²) >= 11 is 0. The number of nitrogens with zero attached hydrogens (tertiary/aromatic N) is 2. The summed E-state index contributed by atoms with van der Waals surface area (Å²) in [5, 5.41) is 6.58. The summed E-state index contributed by atoms with van der Waals surface area (Å²) in [4.78, 5) is 4.03. The highest BCUT2D eigenvalue weighted by Crippen LogP contribution is 2.09. The van der Waals surface area contributed by atoms with Gasteiger partial charge in [-0.15, -0.1) is 0 Å². The summed E-state index contributed by atoms with van der Waals surface area (Å²) in [7, 11) is 0. The van der Waals surface area contributed by atoms with E-state index in [-0.39, 0.29) is 0 Å². The van der Waals surface area contributed by atoms with Gasteiger partial charge in [-0.25, -0.2) is 4.98 Å². The third-order valence-corrected chi connectivity index (χ3v) is 1.79. The smallest absolute Gasteiger partial charge is 0.137 e. The summed E-state index contributed by atoms with van der Waals surface area (Å²) in [5.74, 6) is 0.852. The molecule has 0 atom stereocenters. The molecule has 0 saturated heterocycles. The lowest BCUT2D eigenvalue weighted by molar-refractivity contribution is 0.973. The van der Waals surface area contributed by atoms with Crippen LogP contribution in [0.5, 0.6) is 0 Å². The van der Waals surface area contributed by atoms with Gasteiger partial charge in [0, 0.05) is 12.1 Å². The first-order valence-corrected chi connectivity index (χ1v) is 4.03. The van der Waals surface area contributed by atoms with Crippen molar-refractivity contribution in [1.82, 2.24) is 15.2 Å². The molecule has 0 unspecified atom stereocenters. The Hall–Kier alpha value is -1.84. The quantitative estimate of drug-likeness (QED) is 0.667. The van der Waals surface area contributed by atoms with Gasteiger partial charge in [-0.3, -0.25) is 5.10 Å². The Morgan fingerprint density at radius 1 is 1.38 bits per heavy atom. The topological polar surface area (TPSA) is 67.6 Å². The average Bonchev–Trinajstić information content (AvgIpc) is 2.57. The lowest BCUT2D eigenvalue weighted by Gasteiger charge is -1.98. The van der Waals surface area contributed by atoms with Crippen LogP contribution in [0.3, 0.4) is 0 Å². The fourth-order valence-corrected chi connectivity index (χ4v) is 1.21. The number of aromatic nitrogens is 3. The third kappa shape index (κ3) is 1.84. The van der Waals surface area contributed by atoms with Gasteiger partial charge in [0.05, 0.1) is 0 Å². The average molecular weight is 174 g/mol. The van der Waals surface area contributed by atoms with Crippen molar-refractivity contribution in [2.45, 2.75) is 6.42 Å². The highest BCUT2D eigenvalue weighted by molar-refractivity contribution is 5.41. The maximum atomic E-state index is 5.64. The van der Waals surface area contributed by atoms with Gasteiger partial charge in [-0.1, -0.05) is 12.1 Å². The van der Waals surface area contributed by atoms with Gasteiger partial charge >= 0.3 is 0 Å². The zero-order valence-corrected chi connectivity index (χ0v) is 7.07. The molecular formula is C9H10N4. The number of hydrogen-bond donors (Lipinski definition) is 2. The summed E-state index contributed by atoms with van der Waals surface area (Å²) in [6, 6.07) is 7.74. The van der Waals surface area contributed by atoms with Crippen LogP contribution in [0.1, 0.15) is 11.4 Å². The fraction of sp³-hybridized carbons (Fsp3) is 0.111. The number of rotatable bonds is 2. The van der Waals surface area contributed by atoms with Crippen molar-refractivity contribution in [1.29, 1.82) is 0 Å². The first-order chi connectivity index (χ1) is 6.34. The molecule has 0 bridgehead atoms. The Balaban J connectivity index is 2.19. The van der Waals surface area contributed by atoms with Crippen LogP contribution >= 0.6 is 0 Å². The maximum absolute atomic E-state index is 5.64. The molecule has 2 rings (SSSR count). The number of anilines is 1. The van der Waals surface area contributed by atoms with E-state index < -0.39 is 0 Å². The van der Waals surface area contributed by atoms with Crippen LogP contribution in [0.15, 0.2) is 30.6 Å². The fourth-order valence-electron chi connectivity index (χ4n) is 1.21. The molecule has 0 amide bonds. The van der Waals surface area contributed by atoms with E-state index in [0.29, 0.717) is 0 Å². The van der Waals surface area contributed by atoms with Crippen LogP contribution in [0.25, 0.3) is 0 Å². The predicted molar refractivity (Wildman–Crippen MR) is 50.0 cm³/mol. The minimum absolute atomic E-state index is 0.741. The van der Waals surface area contributed by atoms with Gasteiger partial charge in [0.15, 0.2) is 0 Å². The van der Waals surface area contributed by atoms with Crippen molar-refractivity contribution in [3.05, 3.63) is 42.0 Å². The first kappa shape index (κ1) is 7.79. The summed E-state index contributed by atoms with van der Waals surface area (Å²) in [5.41, 5.74) is 7.55. The highest BCUT2D eigenvalue weighted by atomic mass is 15.2. The molecule has 66 valence electrons. The number of nitrogen functional groups attached to an aromatic ring is 1. The largest absolute Gasteiger partial charge is 0.399 e. The van der Waals surface area contributed by atoms with Crippen molar-refractivity contribution in [3.63, 3.8) is 0 Å². The maximum Gasteiger partial charge on any atom is 0.137 e. The zero-order valence-electron chi connectivity index (χ0n) is 7.07. The standard InChI is InChI=1S/C9H10N4/c10-8-3-1-2-7(4-8)5-9-11-6-12-13-9/h1-4,6H,5,10H2,(H,11,12,13). The Morgan fingerprint density at radius 2 is 2.31 bits per heavy atom. The molecule has 0 fully saturated rings. The molecule has 1 heterocycles. The Bertz CT molecular complexity index is 380. The molecule has 0 saturated carbocycles. The van der Waals surface area contributed by atoms with Crippen LogP contribution in [-0.2, 0) is 6.42 Å². The van der Waals surface area contributed by atoms with E-state index in [1.54, 1.807) is 0 Å². The van der Waals surface area contributed by atoms with Crippen LogP contribution in [0.2, 0.25) is 0 Å². The summed E-state index contributed by atoms with van der Waals surface area (Å²) < 4.78 is 0. The number of nitrogens with two attached hydrogens (primary N) is 1. The van der Waals surface area contributed by atoms with Crippen molar-refractivity contribution < 1.29 is 0 Å². The number of aromatic amines is 1. The number of nitrogens with one attached hydrogen (secondary N) is 1. The summed E-state index contributed by atoms with van der Waals surface area (Å²) in [6.45, 7) is 0. The Morgan fingerprint density at radius 3 is 3.00 bits per heavy atom. The van der Waals surface area contributed by atoms with E-state index in [4.69, 9.17) is 5.73 Å². The molecule has 4 heteroatoms. The second-order valence-corrected chi connectivity index (χ2v) is 2.85. The molecular weight excluding hydrogens is 164 g/mol. The minimum Gasteiger partial charge on any atom is -0.399 e. The van der Waals surface area contributed by atoms with Crippen LogP contribution in [0, 0.1) is 0 Å². The molecule has 4 nitrogen and oxygen atoms in total. The zero-order chi connectivity index (χ0) is 9.10. The first-order valence-electron chi connectivity index (χ1n) is 4.03. The molecule has 3 N–H and O–H groups in total. The normalized spacial score (nSPS) is 10.2. The molecule has 13 heavy (non-hydrogen) atoms. The Labute approximate surface area is 75.8 Å². The molecule has 0 aliphatic heterocycles. The second-order valence-electron chi connectivity index (χ2n) is 2.85. The van der Waals surface area contributed by atoms with E-state index in [1.807, 2.05) is 24.3 Å². The molecule has 0 aliphatic rings. The second kappa shape index (κ2) is 3.26. The van der Waals surface area contributed by atoms with Gasteiger partial charge in [0.2, 0.25) is 0 Å². The SMILES string of the molecule is Nc1cccc(Cc2ncn[nH]2)c1. The Kier molecular flexibility index (Phi) is 1.96. The molecule has 0 radical (unpaired) electrons. The van der Waals surface area contributed by atoms with E-state index >= 15 is 0 Å². The van der Waals surface area contributed by atoms with Crippen LogP contribution in [0.4, 0.5) is 5.69 Å². The number of hydrogen-bond acceptors (Lipinski definition) is 3. The van der Waals surface area contributed by atoms with Gasteiger partial charge in [0.25, 0.3) is 0 Å². The molecule has 1 aromatic heterocycles. The van der Waals surface area contributed by atoms with E-state index in [1.165, 1.54) is 6.33 Å². The van der Waals surface area contributed by atoms with Crippen LogP contribution < -0.4 is 5.73 Å². The van der Waals surface area contributed by atoms with Gasteiger partial charge in [-0.2, -0.15) is 5.10 Å². The van der Waals surface area contributed by atoms with Crippen molar-refractivity contribution >= 4 is 5.69 Å². The van der Waals surface area contributed by atoms with E-state index in [9.17, 15) is 0 Å². The predicted octanol–water partition coefficient (Wildman–Crippen LogP) is 0.978. The van der Waals surface area contributed by atoms with E-state index in [0.717, 1.165) is 23.5 Å². The highest BCUT2D eigenvalue weighted by Gasteiger charge is 1.98. The monoisotopic (exact) mass is 174 g/mol. The lowest BCUT2D eigenvalue weighted by Crippen LogP contribution is -1.92. The van der Waals surface area contributed by atoms with Gasteiger partial charge in [-0.05, 0) is 17.7 Å². The molecule has 0 aliphatic carbocycles. The number of H-pyrrole nitrogens is 1. The third-order valence-electron chi connectivity index (χ3n) is 1.79.